The standard InChI is InChI=1S/C16H11FN2O2S/c17-12-8-4-7-11-14(12)21-18-15(11)19-13(9-22-16(19)20)10-5-2-1-3-6-10/h1-8,13H,9H2/t13-/m1/s1. The number of benzene rings is 2. The van der Waals surface area contributed by atoms with Gasteiger partial charge in [0.15, 0.2) is 11.6 Å². The predicted molar refractivity (Wildman–Crippen MR) is 83.5 cm³/mol. The van der Waals surface area contributed by atoms with Crippen molar-refractivity contribution < 1.29 is 13.7 Å². The fourth-order valence-corrected chi connectivity index (χ4v) is 3.66. The third kappa shape index (κ3) is 1.99. The van der Waals surface area contributed by atoms with Gasteiger partial charge < -0.3 is 4.52 Å². The molecule has 1 amide bonds. The SMILES string of the molecule is O=C1SC[C@H](c2ccccc2)N1c1noc2c(F)cccc12. The first-order valence-electron chi connectivity index (χ1n) is 6.80. The van der Waals surface area contributed by atoms with E-state index in [4.69, 9.17) is 4.52 Å². The molecule has 0 bridgehead atoms. The average molecular weight is 314 g/mol. The molecule has 1 atom stereocenters. The van der Waals surface area contributed by atoms with Crippen molar-refractivity contribution in [3.05, 3.63) is 59.9 Å². The normalized spacial score (nSPS) is 18.3. The number of fused-ring (bicyclic) bond motifs is 1. The molecule has 3 aromatic rings. The summed E-state index contributed by atoms with van der Waals surface area (Å²) in [6, 6.07) is 14.2. The van der Waals surface area contributed by atoms with Crippen LogP contribution in [-0.2, 0) is 0 Å². The Kier molecular flexibility index (Phi) is 3.11. The number of nitrogens with zero attached hydrogens (tertiary/aromatic N) is 2. The molecular formula is C16H11FN2O2S. The lowest BCUT2D eigenvalue weighted by Gasteiger charge is -2.21. The Hall–Kier alpha value is -2.34. The summed E-state index contributed by atoms with van der Waals surface area (Å²) in [5, 5.41) is 4.35. The first-order valence-corrected chi connectivity index (χ1v) is 7.79. The molecule has 0 unspecified atom stereocenters. The lowest BCUT2D eigenvalue weighted by Crippen LogP contribution is -2.27. The molecule has 1 aliphatic rings. The van der Waals surface area contributed by atoms with E-state index < -0.39 is 5.82 Å². The lowest BCUT2D eigenvalue weighted by atomic mass is 10.1. The average Bonchev–Trinajstić information content (AvgIpc) is 3.12. The van der Waals surface area contributed by atoms with E-state index in [1.165, 1.54) is 17.8 Å². The van der Waals surface area contributed by atoms with Crippen LogP contribution < -0.4 is 4.90 Å². The zero-order valence-corrected chi connectivity index (χ0v) is 12.2. The summed E-state index contributed by atoms with van der Waals surface area (Å²) in [4.78, 5) is 13.9. The van der Waals surface area contributed by atoms with E-state index in [9.17, 15) is 9.18 Å². The first-order chi connectivity index (χ1) is 10.8. The zero-order chi connectivity index (χ0) is 15.1. The molecule has 22 heavy (non-hydrogen) atoms. The number of hydrogen-bond acceptors (Lipinski definition) is 4. The number of anilines is 1. The van der Waals surface area contributed by atoms with E-state index in [-0.39, 0.29) is 16.9 Å². The highest BCUT2D eigenvalue weighted by Gasteiger charge is 2.37. The van der Waals surface area contributed by atoms with Crippen LogP contribution in [-0.4, -0.2) is 16.1 Å². The van der Waals surface area contributed by atoms with Crippen molar-refractivity contribution in [2.75, 3.05) is 10.7 Å². The van der Waals surface area contributed by atoms with Gasteiger partial charge in [0.2, 0.25) is 5.58 Å². The maximum Gasteiger partial charge on any atom is 0.288 e. The minimum absolute atomic E-state index is 0.0778. The van der Waals surface area contributed by atoms with Crippen molar-refractivity contribution in [3.63, 3.8) is 0 Å². The molecule has 0 radical (unpaired) electrons. The summed E-state index contributed by atoms with van der Waals surface area (Å²) in [7, 11) is 0. The van der Waals surface area contributed by atoms with Gasteiger partial charge in [0.05, 0.1) is 11.4 Å². The number of para-hydroxylation sites is 1. The van der Waals surface area contributed by atoms with Gasteiger partial charge in [-0.15, -0.1) is 0 Å². The Morgan fingerprint density at radius 3 is 2.82 bits per heavy atom. The second kappa shape index (κ2) is 5.14. The molecule has 4 rings (SSSR count). The molecule has 4 nitrogen and oxygen atoms in total. The Morgan fingerprint density at radius 1 is 1.18 bits per heavy atom. The van der Waals surface area contributed by atoms with Gasteiger partial charge >= 0.3 is 0 Å². The van der Waals surface area contributed by atoms with Crippen molar-refractivity contribution in [1.29, 1.82) is 0 Å². The topological polar surface area (TPSA) is 46.3 Å². The fourth-order valence-electron chi connectivity index (χ4n) is 2.67. The van der Waals surface area contributed by atoms with E-state index in [2.05, 4.69) is 5.16 Å². The van der Waals surface area contributed by atoms with Gasteiger partial charge in [-0.25, -0.2) is 4.39 Å². The third-order valence-corrected chi connectivity index (χ3v) is 4.64. The van der Waals surface area contributed by atoms with Crippen LogP contribution in [0.5, 0.6) is 0 Å². The third-order valence-electron chi connectivity index (χ3n) is 3.72. The number of carbonyl (C=O) groups excluding carboxylic acids is 1. The van der Waals surface area contributed by atoms with Crippen molar-refractivity contribution in [1.82, 2.24) is 5.16 Å². The van der Waals surface area contributed by atoms with Crippen molar-refractivity contribution >= 4 is 33.8 Å². The van der Waals surface area contributed by atoms with Gasteiger partial charge in [-0.05, 0) is 17.7 Å². The smallest absolute Gasteiger partial charge is 0.288 e. The molecule has 1 aliphatic heterocycles. The van der Waals surface area contributed by atoms with Crippen LogP contribution >= 0.6 is 11.8 Å². The molecule has 2 aromatic carbocycles. The van der Waals surface area contributed by atoms with Gasteiger partial charge in [-0.2, -0.15) is 0 Å². The molecule has 1 fully saturated rings. The second-order valence-electron chi connectivity index (χ2n) is 5.00. The van der Waals surface area contributed by atoms with Crippen LogP contribution in [0.25, 0.3) is 11.0 Å². The number of halogens is 1. The molecule has 1 saturated heterocycles. The van der Waals surface area contributed by atoms with Gasteiger partial charge in [0.1, 0.15) is 0 Å². The molecule has 0 N–H and O–H groups in total. The van der Waals surface area contributed by atoms with E-state index in [1.54, 1.807) is 17.0 Å². The number of rotatable bonds is 2. The van der Waals surface area contributed by atoms with Gasteiger partial charge in [0.25, 0.3) is 5.24 Å². The number of hydrogen-bond donors (Lipinski definition) is 0. The summed E-state index contributed by atoms with van der Waals surface area (Å²) >= 11 is 1.23. The summed E-state index contributed by atoms with van der Waals surface area (Å²) in [5.74, 6) is 0.525. The van der Waals surface area contributed by atoms with Crippen LogP contribution in [0.15, 0.2) is 53.1 Å². The van der Waals surface area contributed by atoms with Gasteiger partial charge in [-0.3, -0.25) is 9.69 Å². The van der Waals surface area contributed by atoms with Crippen LogP contribution in [0, 0.1) is 5.82 Å². The van der Waals surface area contributed by atoms with E-state index in [1.807, 2.05) is 30.3 Å². The van der Waals surface area contributed by atoms with E-state index in [0.29, 0.717) is 17.0 Å². The van der Waals surface area contributed by atoms with E-state index in [0.717, 1.165) is 5.56 Å². The number of aromatic nitrogens is 1. The lowest BCUT2D eigenvalue weighted by molar-refractivity contribution is 0.264. The highest BCUT2D eigenvalue weighted by atomic mass is 32.2. The van der Waals surface area contributed by atoms with Crippen molar-refractivity contribution in [2.45, 2.75) is 6.04 Å². The Bertz CT molecular complexity index is 850. The molecule has 1 aromatic heterocycles. The van der Waals surface area contributed by atoms with Gasteiger partial charge in [-0.1, -0.05) is 53.3 Å². The van der Waals surface area contributed by atoms with Crippen LogP contribution in [0.4, 0.5) is 15.0 Å². The quantitative estimate of drug-likeness (QED) is 0.704. The summed E-state index contributed by atoms with van der Waals surface area (Å²) < 4.78 is 18.9. The Balaban J connectivity index is 1.84. The zero-order valence-electron chi connectivity index (χ0n) is 11.4. The molecule has 0 spiro atoms. The molecule has 2 heterocycles. The predicted octanol–water partition coefficient (Wildman–Crippen LogP) is 4.38. The number of amides is 1. The van der Waals surface area contributed by atoms with Crippen LogP contribution in [0.2, 0.25) is 0 Å². The summed E-state index contributed by atoms with van der Waals surface area (Å²) in [5.41, 5.74) is 1.10. The summed E-state index contributed by atoms with van der Waals surface area (Å²) in [6.07, 6.45) is 0. The Morgan fingerprint density at radius 2 is 2.00 bits per heavy atom. The minimum Gasteiger partial charge on any atom is -0.351 e. The van der Waals surface area contributed by atoms with Crippen molar-refractivity contribution in [2.24, 2.45) is 0 Å². The van der Waals surface area contributed by atoms with Gasteiger partial charge in [0, 0.05) is 5.75 Å². The fraction of sp³-hybridized carbons (Fsp3) is 0.125. The Labute approximate surface area is 129 Å². The minimum atomic E-state index is -0.480. The highest BCUT2D eigenvalue weighted by molar-refractivity contribution is 8.14. The van der Waals surface area contributed by atoms with E-state index >= 15 is 0 Å². The highest BCUT2D eigenvalue weighted by Crippen LogP contribution is 2.41. The molecule has 6 heteroatoms. The molecule has 0 saturated carbocycles. The van der Waals surface area contributed by atoms with Crippen LogP contribution in [0.3, 0.4) is 0 Å². The van der Waals surface area contributed by atoms with Crippen molar-refractivity contribution in [3.8, 4) is 0 Å². The molecule has 0 aliphatic carbocycles. The molecular weight excluding hydrogens is 303 g/mol. The maximum absolute atomic E-state index is 13.8. The number of thioether (sulfide) groups is 1. The number of carbonyl (C=O) groups is 1. The second-order valence-corrected chi connectivity index (χ2v) is 5.97. The first kappa shape index (κ1) is 13.3. The maximum atomic E-state index is 13.8. The van der Waals surface area contributed by atoms with Crippen LogP contribution in [0.1, 0.15) is 11.6 Å². The summed E-state index contributed by atoms with van der Waals surface area (Å²) in [6.45, 7) is 0. The largest absolute Gasteiger partial charge is 0.351 e. The molecule has 110 valence electrons. The monoisotopic (exact) mass is 314 g/mol.